The maximum atomic E-state index is 13.5. The van der Waals surface area contributed by atoms with Crippen LogP contribution >= 0.6 is 0 Å². The first-order chi connectivity index (χ1) is 9.98. The van der Waals surface area contributed by atoms with Gasteiger partial charge in [0.15, 0.2) is 6.10 Å². The summed E-state index contributed by atoms with van der Waals surface area (Å²) in [6.07, 6.45) is -1.36. The lowest BCUT2D eigenvalue weighted by atomic mass is 10.1. The van der Waals surface area contributed by atoms with Gasteiger partial charge in [-0.15, -0.1) is 0 Å². The molecule has 1 N–H and O–H groups in total. The highest BCUT2D eigenvalue weighted by atomic mass is 19.3. The maximum absolute atomic E-state index is 13.5. The van der Waals surface area contributed by atoms with Crippen LogP contribution in [0.15, 0.2) is 0 Å². The second kappa shape index (κ2) is 10.4. The molecule has 0 aliphatic carbocycles. The molecule has 0 rings (SSSR count). The standard InChI is InChI=1S/C14H32FN3O3/c1-8-16-13(17(5)6)12(21-15)14(19-7,20-11-4)18(9-2)10-3/h12-13,16H,8-11H2,1-7H3. The van der Waals surface area contributed by atoms with Gasteiger partial charge in [0.2, 0.25) is 0 Å². The van der Waals surface area contributed by atoms with Gasteiger partial charge in [-0.1, -0.05) is 20.8 Å². The molecule has 128 valence electrons. The topological polar surface area (TPSA) is 46.2 Å². The summed E-state index contributed by atoms with van der Waals surface area (Å²) in [4.78, 5) is 8.09. The molecule has 0 amide bonds. The van der Waals surface area contributed by atoms with Gasteiger partial charge in [-0.3, -0.25) is 15.1 Å². The van der Waals surface area contributed by atoms with Crippen molar-refractivity contribution >= 4 is 0 Å². The van der Waals surface area contributed by atoms with Gasteiger partial charge < -0.3 is 9.47 Å². The Labute approximate surface area is 128 Å². The van der Waals surface area contributed by atoms with Gasteiger partial charge in [0, 0.05) is 26.8 Å². The molecule has 0 aliphatic heterocycles. The Morgan fingerprint density at radius 1 is 1.14 bits per heavy atom. The fourth-order valence-corrected chi connectivity index (χ4v) is 2.60. The summed E-state index contributed by atoms with van der Waals surface area (Å²) in [7, 11) is 5.22. The molecule has 0 aromatic heterocycles. The van der Waals surface area contributed by atoms with E-state index >= 15 is 0 Å². The Morgan fingerprint density at radius 3 is 2.00 bits per heavy atom. The molecule has 0 saturated heterocycles. The van der Waals surface area contributed by atoms with Crippen molar-refractivity contribution in [2.24, 2.45) is 0 Å². The first kappa shape index (κ1) is 20.7. The van der Waals surface area contributed by atoms with Crippen molar-refractivity contribution < 1.29 is 18.9 Å². The summed E-state index contributed by atoms with van der Waals surface area (Å²) in [5.74, 6) is -1.29. The number of likely N-dealkylation sites (N-methyl/N-ethyl adjacent to an activating group) is 3. The molecule has 0 aliphatic rings. The number of methoxy groups -OCH3 is 1. The van der Waals surface area contributed by atoms with Crippen LogP contribution < -0.4 is 5.32 Å². The molecule has 3 atom stereocenters. The van der Waals surface area contributed by atoms with Gasteiger partial charge in [-0.25, -0.2) is 0 Å². The number of hydrogen-bond acceptors (Lipinski definition) is 6. The van der Waals surface area contributed by atoms with E-state index in [4.69, 9.17) is 9.47 Å². The van der Waals surface area contributed by atoms with E-state index in [0.29, 0.717) is 26.2 Å². The van der Waals surface area contributed by atoms with Crippen LogP contribution in [-0.4, -0.2) is 75.4 Å². The molecule has 0 saturated carbocycles. The predicted octanol–water partition coefficient (Wildman–Crippen LogP) is 1.43. The molecule has 3 unspecified atom stereocenters. The number of ether oxygens (including phenoxy) is 2. The second-order valence-corrected chi connectivity index (χ2v) is 4.92. The minimum absolute atomic E-state index is 0.385. The second-order valence-electron chi connectivity index (χ2n) is 4.92. The third-order valence-corrected chi connectivity index (χ3v) is 3.56. The van der Waals surface area contributed by atoms with E-state index in [0.717, 1.165) is 0 Å². The quantitative estimate of drug-likeness (QED) is 0.550. The molecule has 0 bridgehead atoms. The molecule has 0 radical (unpaired) electrons. The molecular formula is C14H32FN3O3. The fraction of sp³-hybridized carbons (Fsp3) is 1.00. The van der Waals surface area contributed by atoms with E-state index in [2.05, 4.69) is 10.3 Å². The van der Waals surface area contributed by atoms with E-state index in [9.17, 15) is 4.53 Å². The van der Waals surface area contributed by atoms with Crippen molar-refractivity contribution in [3.05, 3.63) is 0 Å². The lowest BCUT2D eigenvalue weighted by Crippen LogP contribution is -2.68. The molecule has 0 aromatic rings. The van der Waals surface area contributed by atoms with Crippen LogP contribution in [0, 0.1) is 0 Å². The SMILES string of the molecule is CCNC(C(OF)C(OC)(OCC)N(CC)CC)N(C)C. The number of halogens is 1. The van der Waals surface area contributed by atoms with E-state index in [1.54, 1.807) is 0 Å². The number of rotatable bonds is 12. The van der Waals surface area contributed by atoms with Gasteiger partial charge in [0.1, 0.15) is 0 Å². The predicted molar refractivity (Wildman–Crippen MR) is 81.4 cm³/mol. The highest BCUT2D eigenvalue weighted by Gasteiger charge is 2.51. The van der Waals surface area contributed by atoms with Gasteiger partial charge >= 0.3 is 0 Å². The van der Waals surface area contributed by atoms with Crippen LogP contribution in [0.5, 0.6) is 0 Å². The third kappa shape index (κ3) is 4.84. The molecule has 0 fully saturated rings. The van der Waals surface area contributed by atoms with Crippen LogP contribution in [0.2, 0.25) is 0 Å². The molecule has 0 spiro atoms. The number of hydrogen-bond donors (Lipinski definition) is 1. The highest BCUT2D eigenvalue weighted by Crippen LogP contribution is 2.28. The fourth-order valence-electron chi connectivity index (χ4n) is 2.60. The highest BCUT2D eigenvalue weighted by molar-refractivity contribution is 4.88. The third-order valence-electron chi connectivity index (χ3n) is 3.56. The van der Waals surface area contributed by atoms with E-state index in [-0.39, 0.29) is 0 Å². The van der Waals surface area contributed by atoms with Crippen molar-refractivity contribution in [2.75, 3.05) is 47.4 Å². The van der Waals surface area contributed by atoms with Crippen molar-refractivity contribution in [3.63, 3.8) is 0 Å². The van der Waals surface area contributed by atoms with Crippen LogP contribution in [0.25, 0.3) is 0 Å². The van der Waals surface area contributed by atoms with E-state index < -0.39 is 18.2 Å². The van der Waals surface area contributed by atoms with E-state index in [1.165, 1.54) is 7.11 Å². The zero-order chi connectivity index (χ0) is 16.5. The Bertz CT molecular complexity index is 268. The Hall–Kier alpha value is -0.310. The van der Waals surface area contributed by atoms with Crippen LogP contribution in [-0.2, 0) is 14.4 Å². The van der Waals surface area contributed by atoms with Crippen molar-refractivity contribution in [1.82, 2.24) is 15.1 Å². The summed E-state index contributed by atoms with van der Waals surface area (Å²) < 4.78 is 24.9. The van der Waals surface area contributed by atoms with Gasteiger partial charge in [-0.2, -0.15) is 4.94 Å². The summed E-state index contributed by atoms with van der Waals surface area (Å²) in [6, 6.07) is 0. The summed E-state index contributed by atoms with van der Waals surface area (Å²) >= 11 is 0. The van der Waals surface area contributed by atoms with Gasteiger partial charge in [0.25, 0.3) is 5.91 Å². The van der Waals surface area contributed by atoms with Crippen LogP contribution in [0.1, 0.15) is 27.7 Å². The van der Waals surface area contributed by atoms with Crippen molar-refractivity contribution in [1.29, 1.82) is 0 Å². The maximum Gasteiger partial charge on any atom is 0.264 e. The summed E-state index contributed by atoms with van der Waals surface area (Å²) in [5, 5.41) is 3.21. The smallest absolute Gasteiger partial charge is 0.264 e. The zero-order valence-electron chi connectivity index (χ0n) is 14.5. The van der Waals surface area contributed by atoms with Gasteiger partial charge in [0.05, 0.1) is 6.17 Å². The average molecular weight is 309 g/mol. The molecular weight excluding hydrogens is 277 g/mol. The van der Waals surface area contributed by atoms with Gasteiger partial charge in [-0.05, 0) is 32.1 Å². The summed E-state index contributed by atoms with van der Waals surface area (Å²) in [5.41, 5.74) is 0. The van der Waals surface area contributed by atoms with Crippen LogP contribution in [0.3, 0.4) is 0 Å². The first-order valence-electron chi connectivity index (χ1n) is 7.60. The normalized spacial score (nSPS) is 18.0. The summed E-state index contributed by atoms with van der Waals surface area (Å²) in [6.45, 7) is 10.1. The monoisotopic (exact) mass is 309 g/mol. The Kier molecular flexibility index (Phi) is 10.3. The lowest BCUT2D eigenvalue weighted by molar-refractivity contribution is -0.392. The molecule has 7 heteroatoms. The van der Waals surface area contributed by atoms with Crippen LogP contribution in [0.4, 0.5) is 4.53 Å². The average Bonchev–Trinajstić information content (AvgIpc) is 2.47. The Morgan fingerprint density at radius 2 is 1.71 bits per heavy atom. The number of nitrogens with zero attached hydrogens (tertiary/aromatic N) is 2. The van der Waals surface area contributed by atoms with Crippen molar-refractivity contribution in [2.45, 2.75) is 45.9 Å². The number of nitrogens with one attached hydrogen (secondary N) is 1. The van der Waals surface area contributed by atoms with E-state index in [1.807, 2.05) is 51.6 Å². The minimum atomic E-state index is -1.29. The lowest BCUT2D eigenvalue weighted by Gasteiger charge is -2.47. The first-order valence-corrected chi connectivity index (χ1v) is 7.60. The zero-order valence-corrected chi connectivity index (χ0v) is 14.5. The molecule has 0 heterocycles. The molecule has 6 nitrogen and oxygen atoms in total. The Balaban J connectivity index is 5.68. The molecule has 0 aromatic carbocycles. The van der Waals surface area contributed by atoms with Crippen molar-refractivity contribution in [3.8, 4) is 0 Å². The largest absolute Gasteiger partial charge is 0.338 e. The molecule has 21 heavy (non-hydrogen) atoms. The minimum Gasteiger partial charge on any atom is -0.338 e.